The van der Waals surface area contributed by atoms with Crippen LogP contribution < -0.4 is 0 Å². The van der Waals surface area contributed by atoms with E-state index < -0.39 is 0 Å². The first-order chi connectivity index (χ1) is 8.29. The van der Waals surface area contributed by atoms with Crippen LogP contribution in [0.3, 0.4) is 0 Å². The lowest BCUT2D eigenvalue weighted by molar-refractivity contribution is 0.127. The number of hydrogen-bond donors (Lipinski definition) is 1. The van der Waals surface area contributed by atoms with Gasteiger partial charge in [0.15, 0.2) is 0 Å². The fraction of sp³-hybridized carbons (Fsp3) is 0.786. The molecule has 0 amide bonds. The van der Waals surface area contributed by atoms with E-state index in [-0.39, 0.29) is 6.10 Å². The average Bonchev–Trinajstić information content (AvgIpc) is 2.77. The second-order valence-electron chi connectivity index (χ2n) is 5.23. The standard InChI is InChI=1S/C14H24N2O/c1-2-16-9-8-15-14(16)11-13(17)10-12-6-4-3-5-7-12/h8-9,12-13,17H,2-7,10-11H2,1H3. The summed E-state index contributed by atoms with van der Waals surface area (Å²) in [4.78, 5) is 4.32. The molecule has 3 heteroatoms. The third-order valence-corrected chi connectivity index (χ3v) is 3.89. The van der Waals surface area contributed by atoms with Crippen LogP contribution in [0.15, 0.2) is 12.4 Å². The monoisotopic (exact) mass is 236 g/mol. The molecule has 1 aromatic rings. The molecule has 1 atom stereocenters. The van der Waals surface area contributed by atoms with Crippen LogP contribution >= 0.6 is 0 Å². The van der Waals surface area contributed by atoms with Crippen molar-refractivity contribution >= 4 is 0 Å². The zero-order valence-electron chi connectivity index (χ0n) is 10.8. The molecule has 1 unspecified atom stereocenters. The molecule has 0 aliphatic heterocycles. The van der Waals surface area contributed by atoms with Gasteiger partial charge in [0.05, 0.1) is 6.10 Å². The topological polar surface area (TPSA) is 38.0 Å². The number of aliphatic hydroxyl groups is 1. The number of hydrogen-bond acceptors (Lipinski definition) is 2. The molecule has 1 N–H and O–H groups in total. The summed E-state index contributed by atoms with van der Waals surface area (Å²) in [5.74, 6) is 1.76. The van der Waals surface area contributed by atoms with Gasteiger partial charge in [-0.1, -0.05) is 32.1 Å². The van der Waals surface area contributed by atoms with Gasteiger partial charge in [0.2, 0.25) is 0 Å². The molecule has 96 valence electrons. The zero-order valence-corrected chi connectivity index (χ0v) is 10.8. The Hall–Kier alpha value is -0.830. The molecule has 0 bridgehead atoms. The van der Waals surface area contributed by atoms with Gasteiger partial charge in [-0.25, -0.2) is 4.98 Å². The minimum absolute atomic E-state index is 0.217. The molecule has 0 radical (unpaired) electrons. The van der Waals surface area contributed by atoms with E-state index in [1.54, 1.807) is 0 Å². The minimum Gasteiger partial charge on any atom is -0.393 e. The Morgan fingerprint density at radius 1 is 1.41 bits per heavy atom. The number of rotatable bonds is 5. The Labute approximate surface area is 104 Å². The van der Waals surface area contributed by atoms with Crippen molar-refractivity contribution in [2.24, 2.45) is 5.92 Å². The Morgan fingerprint density at radius 3 is 2.88 bits per heavy atom. The lowest BCUT2D eigenvalue weighted by Crippen LogP contribution is -2.20. The summed E-state index contributed by atoms with van der Waals surface area (Å²) in [5, 5.41) is 10.1. The van der Waals surface area contributed by atoms with Crippen molar-refractivity contribution in [3.63, 3.8) is 0 Å². The van der Waals surface area contributed by atoms with E-state index in [0.29, 0.717) is 6.42 Å². The average molecular weight is 236 g/mol. The first-order valence-electron chi connectivity index (χ1n) is 6.97. The van der Waals surface area contributed by atoms with Crippen LogP contribution in [-0.2, 0) is 13.0 Å². The summed E-state index contributed by atoms with van der Waals surface area (Å²) in [6, 6.07) is 0. The van der Waals surface area contributed by atoms with Crippen LogP contribution in [-0.4, -0.2) is 20.8 Å². The molecule has 0 aromatic carbocycles. The minimum atomic E-state index is -0.217. The molecule has 0 spiro atoms. The van der Waals surface area contributed by atoms with E-state index >= 15 is 0 Å². The lowest BCUT2D eigenvalue weighted by atomic mass is 9.85. The van der Waals surface area contributed by atoms with Gasteiger partial charge in [0.25, 0.3) is 0 Å². The summed E-state index contributed by atoms with van der Waals surface area (Å²) in [7, 11) is 0. The van der Waals surface area contributed by atoms with Crippen LogP contribution in [0, 0.1) is 5.92 Å². The van der Waals surface area contributed by atoms with Crippen molar-refractivity contribution in [1.29, 1.82) is 0 Å². The molecule has 3 nitrogen and oxygen atoms in total. The largest absolute Gasteiger partial charge is 0.393 e. The fourth-order valence-corrected chi connectivity index (χ4v) is 2.92. The van der Waals surface area contributed by atoms with Crippen LogP contribution in [0.5, 0.6) is 0 Å². The van der Waals surface area contributed by atoms with Gasteiger partial charge in [-0.2, -0.15) is 0 Å². The maximum absolute atomic E-state index is 10.1. The highest BCUT2D eigenvalue weighted by Crippen LogP contribution is 2.27. The van der Waals surface area contributed by atoms with Crippen molar-refractivity contribution < 1.29 is 5.11 Å². The molecule has 1 saturated carbocycles. The van der Waals surface area contributed by atoms with E-state index in [9.17, 15) is 5.11 Å². The number of aryl methyl sites for hydroxylation is 1. The second kappa shape index (κ2) is 6.20. The molecule has 2 rings (SSSR count). The van der Waals surface area contributed by atoms with Crippen molar-refractivity contribution in [2.45, 2.75) is 64.5 Å². The number of aliphatic hydroxyl groups excluding tert-OH is 1. The number of aromatic nitrogens is 2. The van der Waals surface area contributed by atoms with Crippen molar-refractivity contribution in [3.05, 3.63) is 18.2 Å². The van der Waals surface area contributed by atoms with Crippen molar-refractivity contribution in [1.82, 2.24) is 9.55 Å². The predicted octanol–water partition coefficient (Wildman–Crippen LogP) is 2.78. The van der Waals surface area contributed by atoms with Gasteiger partial charge < -0.3 is 9.67 Å². The molecule has 1 aliphatic rings. The Bertz CT molecular complexity index is 329. The maximum atomic E-state index is 10.1. The summed E-state index contributed by atoms with van der Waals surface area (Å²) in [6.07, 6.45) is 11.9. The van der Waals surface area contributed by atoms with Crippen LogP contribution in [0.25, 0.3) is 0 Å². The summed E-state index contributed by atoms with van der Waals surface area (Å²) >= 11 is 0. The van der Waals surface area contributed by atoms with Gasteiger partial charge in [0, 0.05) is 25.4 Å². The molecule has 1 aliphatic carbocycles. The first-order valence-corrected chi connectivity index (χ1v) is 6.97. The molecular weight excluding hydrogens is 212 g/mol. The maximum Gasteiger partial charge on any atom is 0.111 e. The normalized spacial score (nSPS) is 19.4. The Balaban J connectivity index is 1.82. The highest BCUT2D eigenvalue weighted by Gasteiger charge is 2.18. The van der Waals surface area contributed by atoms with Crippen molar-refractivity contribution in [2.75, 3.05) is 0 Å². The second-order valence-corrected chi connectivity index (χ2v) is 5.23. The molecule has 1 heterocycles. The quantitative estimate of drug-likeness (QED) is 0.853. The van der Waals surface area contributed by atoms with E-state index in [4.69, 9.17) is 0 Å². The van der Waals surface area contributed by atoms with Gasteiger partial charge in [0.1, 0.15) is 5.82 Å². The van der Waals surface area contributed by atoms with E-state index in [1.807, 2.05) is 12.4 Å². The van der Waals surface area contributed by atoms with Gasteiger partial charge in [-0.3, -0.25) is 0 Å². The van der Waals surface area contributed by atoms with E-state index in [1.165, 1.54) is 32.1 Å². The van der Waals surface area contributed by atoms with E-state index in [2.05, 4.69) is 16.5 Å². The smallest absolute Gasteiger partial charge is 0.111 e. The lowest BCUT2D eigenvalue weighted by Gasteiger charge is -2.23. The van der Waals surface area contributed by atoms with Gasteiger partial charge in [-0.05, 0) is 19.3 Å². The van der Waals surface area contributed by atoms with Gasteiger partial charge in [-0.15, -0.1) is 0 Å². The Morgan fingerprint density at radius 2 is 2.18 bits per heavy atom. The molecule has 17 heavy (non-hydrogen) atoms. The summed E-state index contributed by atoms with van der Waals surface area (Å²) < 4.78 is 2.12. The molecular formula is C14H24N2O. The van der Waals surface area contributed by atoms with Crippen LogP contribution in [0.1, 0.15) is 51.3 Å². The summed E-state index contributed by atoms with van der Waals surface area (Å²) in [5.41, 5.74) is 0. The van der Waals surface area contributed by atoms with Crippen LogP contribution in [0.4, 0.5) is 0 Å². The fourth-order valence-electron chi connectivity index (χ4n) is 2.92. The molecule has 1 aromatic heterocycles. The molecule has 0 saturated heterocycles. The third kappa shape index (κ3) is 3.56. The zero-order chi connectivity index (χ0) is 12.1. The van der Waals surface area contributed by atoms with Gasteiger partial charge >= 0.3 is 0 Å². The molecule has 1 fully saturated rings. The first kappa shape index (κ1) is 12.6. The Kier molecular flexibility index (Phi) is 4.60. The third-order valence-electron chi connectivity index (χ3n) is 3.89. The SMILES string of the molecule is CCn1ccnc1CC(O)CC1CCCCC1. The number of imidazole rings is 1. The highest BCUT2D eigenvalue weighted by molar-refractivity contribution is 4.94. The van der Waals surface area contributed by atoms with Crippen LogP contribution in [0.2, 0.25) is 0 Å². The highest BCUT2D eigenvalue weighted by atomic mass is 16.3. The van der Waals surface area contributed by atoms with E-state index in [0.717, 1.165) is 24.7 Å². The van der Waals surface area contributed by atoms with Crippen molar-refractivity contribution in [3.8, 4) is 0 Å². The number of nitrogens with zero attached hydrogens (tertiary/aromatic N) is 2. The summed E-state index contributed by atoms with van der Waals surface area (Å²) in [6.45, 7) is 3.05. The predicted molar refractivity (Wildman–Crippen MR) is 68.8 cm³/mol.